The molecule has 0 saturated carbocycles. The van der Waals surface area contributed by atoms with Crippen LogP contribution >= 0.6 is 0 Å². The molecule has 0 spiro atoms. The van der Waals surface area contributed by atoms with E-state index in [2.05, 4.69) is 4.98 Å². The molecule has 3 aromatic carbocycles. The monoisotopic (exact) mass is 357 g/mol. The minimum Gasteiger partial charge on any atom is -0.478 e. The molecule has 0 bridgehead atoms. The highest BCUT2D eigenvalue weighted by atomic mass is 16.4. The molecule has 0 saturated heterocycles. The Kier molecular flexibility index (Phi) is 3.93. The van der Waals surface area contributed by atoms with Crippen molar-refractivity contribution in [1.82, 2.24) is 9.55 Å². The topological polar surface area (TPSA) is 98.2 Å². The lowest BCUT2D eigenvalue weighted by molar-refractivity contribution is 0.0696. The number of carbonyl (C=O) groups excluding carboxylic acids is 1. The fraction of sp³-hybridized carbons (Fsp3) is 0. The van der Waals surface area contributed by atoms with Crippen LogP contribution in [0.25, 0.3) is 27.8 Å². The summed E-state index contributed by atoms with van der Waals surface area (Å²) in [6, 6.07) is 19.7. The van der Waals surface area contributed by atoms with E-state index in [0.717, 1.165) is 27.8 Å². The van der Waals surface area contributed by atoms with Crippen LogP contribution in [0.15, 0.2) is 73.1 Å². The molecule has 1 heterocycles. The maximum absolute atomic E-state index is 11.3. The van der Waals surface area contributed by atoms with Crippen LogP contribution in [0, 0.1) is 0 Å². The average molecular weight is 357 g/mol. The van der Waals surface area contributed by atoms with Crippen LogP contribution in [0.5, 0.6) is 0 Å². The van der Waals surface area contributed by atoms with Gasteiger partial charge in [-0.3, -0.25) is 9.36 Å². The van der Waals surface area contributed by atoms with Crippen molar-refractivity contribution in [2.75, 3.05) is 0 Å². The lowest BCUT2D eigenvalue weighted by Crippen LogP contribution is -2.10. The van der Waals surface area contributed by atoms with Gasteiger partial charge in [0.05, 0.1) is 16.6 Å². The fourth-order valence-electron chi connectivity index (χ4n) is 3.01. The number of primary amides is 1. The molecule has 4 aromatic rings. The van der Waals surface area contributed by atoms with Crippen molar-refractivity contribution >= 4 is 22.9 Å². The number of aromatic carboxylic acids is 1. The maximum atomic E-state index is 11.3. The molecule has 0 unspecified atom stereocenters. The standard InChI is InChI=1S/C21H15N3O3/c22-20(25)14-6-4-13(5-7-14)15-2-1-3-17(10-15)24-12-23-18-9-8-16(21(26)27)11-19(18)24/h1-12H,(H2,22,25)(H,26,27). The second-order valence-corrected chi connectivity index (χ2v) is 6.12. The van der Waals surface area contributed by atoms with E-state index < -0.39 is 11.9 Å². The first-order valence-electron chi connectivity index (χ1n) is 8.24. The van der Waals surface area contributed by atoms with Crippen molar-refractivity contribution in [2.45, 2.75) is 0 Å². The van der Waals surface area contributed by atoms with Gasteiger partial charge in [-0.2, -0.15) is 0 Å². The minimum absolute atomic E-state index is 0.211. The maximum Gasteiger partial charge on any atom is 0.335 e. The van der Waals surface area contributed by atoms with Gasteiger partial charge in [0.15, 0.2) is 0 Å². The van der Waals surface area contributed by atoms with Crippen LogP contribution in [-0.2, 0) is 0 Å². The van der Waals surface area contributed by atoms with Gasteiger partial charge in [0, 0.05) is 11.3 Å². The zero-order valence-electron chi connectivity index (χ0n) is 14.2. The largest absolute Gasteiger partial charge is 0.478 e. The highest BCUT2D eigenvalue weighted by Gasteiger charge is 2.10. The number of amides is 1. The number of benzene rings is 3. The minimum atomic E-state index is -0.979. The second kappa shape index (κ2) is 6.42. The number of imidazole rings is 1. The zero-order chi connectivity index (χ0) is 19.0. The molecule has 0 aliphatic rings. The first-order valence-corrected chi connectivity index (χ1v) is 8.24. The third-order valence-corrected chi connectivity index (χ3v) is 4.42. The molecule has 1 amide bonds. The van der Waals surface area contributed by atoms with Gasteiger partial charge in [0.1, 0.15) is 6.33 Å². The molecule has 0 radical (unpaired) electrons. The van der Waals surface area contributed by atoms with Crippen molar-refractivity contribution in [1.29, 1.82) is 0 Å². The Bertz CT molecular complexity index is 1180. The summed E-state index contributed by atoms with van der Waals surface area (Å²) in [6.45, 7) is 0. The number of carboxylic acids is 1. The summed E-state index contributed by atoms with van der Waals surface area (Å²) in [6.07, 6.45) is 1.67. The summed E-state index contributed by atoms with van der Waals surface area (Å²) in [5.74, 6) is -1.44. The predicted octanol–water partition coefficient (Wildman–Crippen LogP) is 3.49. The van der Waals surface area contributed by atoms with Crippen molar-refractivity contribution in [3.8, 4) is 16.8 Å². The van der Waals surface area contributed by atoms with Crippen molar-refractivity contribution in [3.63, 3.8) is 0 Å². The number of hydrogen-bond donors (Lipinski definition) is 2. The normalized spacial score (nSPS) is 10.8. The highest BCUT2D eigenvalue weighted by Crippen LogP contribution is 2.25. The SMILES string of the molecule is NC(=O)c1ccc(-c2cccc(-n3cnc4ccc(C(=O)O)cc43)c2)cc1. The van der Waals surface area contributed by atoms with Gasteiger partial charge in [-0.25, -0.2) is 9.78 Å². The molecule has 0 aliphatic heterocycles. The number of aromatic nitrogens is 2. The number of rotatable bonds is 4. The molecule has 1 aromatic heterocycles. The summed E-state index contributed by atoms with van der Waals surface area (Å²) in [7, 11) is 0. The lowest BCUT2D eigenvalue weighted by atomic mass is 10.0. The van der Waals surface area contributed by atoms with E-state index in [0.29, 0.717) is 5.56 Å². The second-order valence-electron chi connectivity index (χ2n) is 6.12. The van der Waals surface area contributed by atoms with Gasteiger partial charge in [-0.1, -0.05) is 24.3 Å². The van der Waals surface area contributed by atoms with E-state index in [-0.39, 0.29) is 5.56 Å². The van der Waals surface area contributed by atoms with Gasteiger partial charge in [-0.05, 0) is 53.6 Å². The number of hydrogen-bond acceptors (Lipinski definition) is 3. The van der Waals surface area contributed by atoms with Crippen molar-refractivity contribution in [3.05, 3.63) is 84.2 Å². The Morgan fingerprint density at radius 3 is 2.33 bits per heavy atom. The Balaban J connectivity index is 1.78. The zero-order valence-corrected chi connectivity index (χ0v) is 14.2. The highest BCUT2D eigenvalue weighted by molar-refractivity contribution is 5.94. The van der Waals surface area contributed by atoms with Crippen LogP contribution < -0.4 is 5.73 Å². The van der Waals surface area contributed by atoms with E-state index in [1.807, 2.05) is 41.0 Å². The number of fused-ring (bicyclic) bond motifs is 1. The molecule has 3 N–H and O–H groups in total. The summed E-state index contributed by atoms with van der Waals surface area (Å²) in [5, 5.41) is 9.23. The predicted molar refractivity (Wildman–Crippen MR) is 102 cm³/mol. The Morgan fingerprint density at radius 1 is 0.889 bits per heavy atom. The van der Waals surface area contributed by atoms with E-state index in [9.17, 15) is 14.7 Å². The third kappa shape index (κ3) is 3.04. The van der Waals surface area contributed by atoms with E-state index in [1.165, 1.54) is 0 Å². The van der Waals surface area contributed by atoms with E-state index >= 15 is 0 Å². The van der Waals surface area contributed by atoms with Crippen molar-refractivity contribution < 1.29 is 14.7 Å². The van der Waals surface area contributed by atoms with Crippen LogP contribution in [0.1, 0.15) is 20.7 Å². The quantitative estimate of drug-likeness (QED) is 0.584. The van der Waals surface area contributed by atoms with E-state index in [4.69, 9.17) is 5.73 Å². The van der Waals surface area contributed by atoms with Crippen molar-refractivity contribution in [2.24, 2.45) is 5.73 Å². The molecule has 132 valence electrons. The third-order valence-electron chi connectivity index (χ3n) is 4.42. The Hall–Kier alpha value is -3.93. The molecular formula is C21H15N3O3. The molecular weight excluding hydrogens is 342 g/mol. The smallest absolute Gasteiger partial charge is 0.335 e. The average Bonchev–Trinajstić information content (AvgIpc) is 3.11. The summed E-state index contributed by atoms with van der Waals surface area (Å²) in [5.41, 5.74) is 10.1. The molecule has 0 atom stereocenters. The first kappa shape index (κ1) is 16.5. The van der Waals surface area contributed by atoms with Gasteiger partial charge in [0.25, 0.3) is 0 Å². The first-order chi connectivity index (χ1) is 13.0. The Labute approximate surface area is 154 Å². The number of carboxylic acid groups (broad SMARTS) is 1. The van der Waals surface area contributed by atoms with Gasteiger partial charge in [-0.15, -0.1) is 0 Å². The van der Waals surface area contributed by atoms with Crippen LogP contribution in [0.3, 0.4) is 0 Å². The molecule has 0 aliphatic carbocycles. The van der Waals surface area contributed by atoms with Crippen LogP contribution in [-0.4, -0.2) is 26.5 Å². The van der Waals surface area contributed by atoms with Gasteiger partial charge < -0.3 is 10.8 Å². The number of carbonyl (C=O) groups is 2. The van der Waals surface area contributed by atoms with E-state index in [1.54, 1.807) is 36.7 Å². The van der Waals surface area contributed by atoms with Gasteiger partial charge in [0.2, 0.25) is 5.91 Å². The molecule has 27 heavy (non-hydrogen) atoms. The Morgan fingerprint density at radius 2 is 1.63 bits per heavy atom. The summed E-state index contributed by atoms with van der Waals surface area (Å²) >= 11 is 0. The molecule has 0 fully saturated rings. The summed E-state index contributed by atoms with van der Waals surface area (Å²) in [4.78, 5) is 26.8. The number of nitrogens with zero attached hydrogens (tertiary/aromatic N) is 2. The molecule has 6 nitrogen and oxygen atoms in total. The van der Waals surface area contributed by atoms with Crippen LogP contribution in [0.2, 0.25) is 0 Å². The summed E-state index contributed by atoms with van der Waals surface area (Å²) < 4.78 is 1.85. The molecule has 6 heteroatoms. The fourth-order valence-corrected chi connectivity index (χ4v) is 3.01. The van der Waals surface area contributed by atoms with Gasteiger partial charge >= 0.3 is 5.97 Å². The van der Waals surface area contributed by atoms with Crippen LogP contribution in [0.4, 0.5) is 0 Å². The molecule has 4 rings (SSSR count). The lowest BCUT2D eigenvalue weighted by Gasteiger charge is -2.08. The number of nitrogens with two attached hydrogens (primary N) is 1.